The van der Waals surface area contributed by atoms with E-state index in [2.05, 4.69) is 5.32 Å². The quantitative estimate of drug-likeness (QED) is 0.784. The van der Waals surface area contributed by atoms with E-state index in [4.69, 9.17) is 4.74 Å². The zero-order chi connectivity index (χ0) is 19.7. The lowest BCUT2D eigenvalue weighted by molar-refractivity contribution is -0.154. The molecule has 2 aromatic rings. The Labute approximate surface area is 159 Å². The van der Waals surface area contributed by atoms with E-state index in [0.717, 1.165) is 5.75 Å². The number of anilines is 1. The van der Waals surface area contributed by atoms with Crippen molar-refractivity contribution in [1.29, 1.82) is 0 Å². The lowest BCUT2D eigenvalue weighted by Gasteiger charge is -2.37. The second-order valence-electron chi connectivity index (χ2n) is 7.88. The van der Waals surface area contributed by atoms with Gasteiger partial charge in [-0.25, -0.2) is 0 Å². The summed E-state index contributed by atoms with van der Waals surface area (Å²) in [6.45, 7) is 5.47. The molecular formula is C22H25NO4. The first-order valence-electron chi connectivity index (χ1n) is 9.11. The highest BCUT2D eigenvalue weighted by atomic mass is 16.5. The van der Waals surface area contributed by atoms with E-state index in [0.29, 0.717) is 24.3 Å². The Morgan fingerprint density at radius 3 is 2.15 bits per heavy atom. The molecule has 0 unspecified atom stereocenters. The molecule has 1 amide bonds. The molecule has 2 atom stereocenters. The number of carboxylic acid groups (broad SMARTS) is 1. The van der Waals surface area contributed by atoms with Crippen molar-refractivity contribution in [3.05, 3.63) is 54.6 Å². The highest BCUT2D eigenvalue weighted by Crippen LogP contribution is 2.56. The molecule has 142 valence electrons. The predicted octanol–water partition coefficient (Wildman–Crippen LogP) is 4.94. The third-order valence-electron chi connectivity index (χ3n) is 6.12. The maximum absolute atomic E-state index is 12.8. The van der Waals surface area contributed by atoms with Gasteiger partial charge in [-0.15, -0.1) is 0 Å². The number of rotatable bonds is 5. The normalized spacial score (nSPS) is 23.6. The minimum Gasteiger partial charge on any atom is -0.481 e. The molecule has 1 aliphatic carbocycles. The minimum absolute atomic E-state index is 0.137. The number of amides is 1. The van der Waals surface area contributed by atoms with Gasteiger partial charge in [-0.2, -0.15) is 0 Å². The summed E-state index contributed by atoms with van der Waals surface area (Å²) in [7, 11) is 0. The monoisotopic (exact) mass is 367 g/mol. The Balaban J connectivity index is 1.67. The Kier molecular flexibility index (Phi) is 4.96. The third-order valence-corrected chi connectivity index (χ3v) is 6.12. The molecule has 27 heavy (non-hydrogen) atoms. The number of para-hydroxylation sites is 1. The summed E-state index contributed by atoms with van der Waals surface area (Å²) in [5.41, 5.74) is -0.859. The van der Waals surface area contributed by atoms with Gasteiger partial charge in [-0.1, -0.05) is 32.0 Å². The van der Waals surface area contributed by atoms with Crippen LogP contribution in [0.2, 0.25) is 0 Å². The van der Waals surface area contributed by atoms with Crippen molar-refractivity contribution in [1.82, 2.24) is 0 Å². The van der Waals surface area contributed by atoms with Gasteiger partial charge in [0, 0.05) is 11.6 Å². The molecule has 1 saturated carbocycles. The molecule has 1 fully saturated rings. The SMILES string of the molecule is CC1(C)[C@@H](C(=O)Nc2ccc(Oc3ccccc3)cc2)CC[C@@]1(C)C(=O)O. The van der Waals surface area contributed by atoms with Crippen molar-refractivity contribution in [2.75, 3.05) is 5.32 Å². The van der Waals surface area contributed by atoms with Crippen molar-refractivity contribution in [2.24, 2.45) is 16.7 Å². The standard InChI is InChI=1S/C22H25NO4/c1-21(2)18(13-14-22(21,3)20(25)26)19(24)23-15-9-11-17(12-10-15)27-16-7-5-4-6-8-16/h4-12,18H,13-14H2,1-3H3,(H,23,24)(H,25,26)/t18-,22+/m1/s1. The van der Waals surface area contributed by atoms with Crippen LogP contribution in [0.15, 0.2) is 54.6 Å². The summed E-state index contributed by atoms with van der Waals surface area (Å²) in [6.07, 6.45) is 1.06. The van der Waals surface area contributed by atoms with Crippen LogP contribution in [0.3, 0.4) is 0 Å². The van der Waals surface area contributed by atoms with Crippen molar-refractivity contribution in [3.63, 3.8) is 0 Å². The zero-order valence-electron chi connectivity index (χ0n) is 15.9. The Morgan fingerprint density at radius 1 is 1.00 bits per heavy atom. The number of ether oxygens (including phenoxy) is 1. The fourth-order valence-corrected chi connectivity index (χ4v) is 3.80. The molecule has 2 aromatic carbocycles. The fraction of sp³-hybridized carbons (Fsp3) is 0.364. The van der Waals surface area contributed by atoms with Gasteiger partial charge < -0.3 is 15.2 Å². The molecule has 0 bridgehead atoms. The van der Waals surface area contributed by atoms with Crippen LogP contribution in [0.4, 0.5) is 5.69 Å². The highest BCUT2D eigenvalue weighted by Gasteiger charge is 2.58. The van der Waals surface area contributed by atoms with Gasteiger partial charge in [0.2, 0.25) is 5.91 Å². The Hall–Kier alpha value is -2.82. The first-order chi connectivity index (χ1) is 12.7. The maximum Gasteiger partial charge on any atom is 0.309 e. The largest absolute Gasteiger partial charge is 0.481 e. The van der Waals surface area contributed by atoms with Crippen LogP contribution in [0.5, 0.6) is 11.5 Å². The number of carboxylic acids is 1. The molecular weight excluding hydrogens is 342 g/mol. The van der Waals surface area contributed by atoms with Crippen LogP contribution in [0.1, 0.15) is 33.6 Å². The van der Waals surface area contributed by atoms with Crippen molar-refractivity contribution < 1.29 is 19.4 Å². The molecule has 0 heterocycles. The summed E-state index contributed by atoms with van der Waals surface area (Å²) in [4.78, 5) is 24.5. The van der Waals surface area contributed by atoms with E-state index in [-0.39, 0.29) is 11.8 Å². The van der Waals surface area contributed by atoms with E-state index in [1.165, 1.54) is 0 Å². The summed E-state index contributed by atoms with van der Waals surface area (Å²) >= 11 is 0. The molecule has 0 aromatic heterocycles. The Morgan fingerprint density at radius 2 is 1.59 bits per heavy atom. The zero-order valence-corrected chi connectivity index (χ0v) is 15.9. The lowest BCUT2D eigenvalue weighted by Crippen LogP contribution is -2.43. The van der Waals surface area contributed by atoms with Crippen LogP contribution in [-0.4, -0.2) is 17.0 Å². The lowest BCUT2D eigenvalue weighted by atomic mass is 9.65. The summed E-state index contributed by atoms with van der Waals surface area (Å²) in [5.74, 6) is 0.0968. The molecule has 2 N–H and O–H groups in total. The van der Waals surface area contributed by atoms with Crippen LogP contribution >= 0.6 is 0 Å². The molecule has 1 aliphatic rings. The van der Waals surface area contributed by atoms with Crippen LogP contribution < -0.4 is 10.1 Å². The smallest absolute Gasteiger partial charge is 0.309 e. The van der Waals surface area contributed by atoms with Gasteiger partial charge >= 0.3 is 5.97 Å². The molecule has 3 rings (SSSR count). The second kappa shape index (κ2) is 7.06. The van der Waals surface area contributed by atoms with Crippen molar-refractivity contribution in [3.8, 4) is 11.5 Å². The van der Waals surface area contributed by atoms with E-state index in [1.807, 2.05) is 44.2 Å². The summed E-state index contributed by atoms with van der Waals surface area (Å²) in [5, 5.41) is 12.5. The van der Waals surface area contributed by atoms with Gasteiger partial charge in [0.1, 0.15) is 11.5 Å². The number of aliphatic carboxylic acids is 1. The van der Waals surface area contributed by atoms with E-state index >= 15 is 0 Å². The number of hydrogen-bond donors (Lipinski definition) is 2. The highest BCUT2D eigenvalue weighted by molar-refractivity contribution is 5.94. The second-order valence-corrected chi connectivity index (χ2v) is 7.88. The molecule has 5 heteroatoms. The number of benzene rings is 2. The van der Waals surface area contributed by atoms with E-state index in [9.17, 15) is 14.7 Å². The number of carbonyl (C=O) groups excluding carboxylic acids is 1. The average molecular weight is 367 g/mol. The molecule has 0 radical (unpaired) electrons. The molecule has 0 aliphatic heterocycles. The van der Waals surface area contributed by atoms with E-state index < -0.39 is 16.8 Å². The maximum atomic E-state index is 12.8. The summed E-state index contributed by atoms with van der Waals surface area (Å²) in [6, 6.07) is 16.6. The predicted molar refractivity (Wildman–Crippen MR) is 104 cm³/mol. The average Bonchev–Trinajstić information content (AvgIpc) is 2.88. The van der Waals surface area contributed by atoms with Gasteiger partial charge in [0.25, 0.3) is 0 Å². The number of nitrogens with one attached hydrogen (secondary N) is 1. The van der Waals surface area contributed by atoms with Crippen molar-refractivity contribution >= 4 is 17.6 Å². The van der Waals surface area contributed by atoms with Crippen LogP contribution in [0, 0.1) is 16.7 Å². The number of carbonyl (C=O) groups is 2. The van der Waals surface area contributed by atoms with Gasteiger partial charge in [0.15, 0.2) is 0 Å². The molecule has 0 saturated heterocycles. The topological polar surface area (TPSA) is 75.6 Å². The first kappa shape index (κ1) is 19.0. The first-order valence-corrected chi connectivity index (χ1v) is 9.11. The van der Waals surface area contributed by atoms with E-state index in [1.54, 1.807) is 31.2 Å². The third kappa shape index (κ3) is 3.54. The van der Waals surface area contributed by atoms with Crippen molar-refractivity contribution in [2.45, 2.75) is 33.6 Å². The Bertz CT molecular complexity index is 829. The van der Waals surface area contributed by atoms with Crippen LogP contribution in [0.25, 0.3) is 0 Å². The van der Waals surface area contributed by atoms with Gasteiger partial charge in [-0.05, 0) is 61.6 Å². The molecule has 0 spiro atoms. The van der Waals surface area contributed by atoms with Gasteiger partial charge in [0.05, 0.1) is 5.41 Å². The minimum atomic E-state index is -0.900. The molecule has 5 nitrogen and oxygen atoms in total. The fourth-order valence-electron chi connectivity index (χ4n) is 3.80. The number of hydrogen-bond acceptors (Lipinski definition) is 3. The van der Waals surface area contributed by atoms with Gasteiger partial charge in [-0.3, -0.25) is 9.59 Å². The summed E-state index contributed by atoms with van der Waals surface area (Å²) < 4.78 is 5.75. The van der Waals surface area contributed by atoms with Crippen LogP contribution in [-0.2, 0) is 9.59 Å².